The lowest BCUT2D eigenvalue weighted by Crippen LogP contribution is -2.53. The predicted molar refractivity (Wildman–Crippen MR) is 183 cm³/mol. The Bertz CT molecular complexity index is 2290. The van der Waals surface area contributed by atoms with Crippen LogP contribution in [0.2, 0.25) is 0 Å². The van der Waals surface area contributed by atoms with Gasteiger partial charge in [-0.25, -0.2) is 28.4 Å². The predicted octanol–water partition coefficient (Wildman–Crippen LogP) is 4.28. The number of fused-ring (bicyclic) bond motifs is 2. The van der Waals surface area contributed by atoms with Crippen LogP contribution in [0.25, 0.3) is 33.6 Å². The van der Waals surface area contributed by atoms with Crippen LogP contribution in [0.15, 0.2) is 53.9 Å². The third-order valence-electron chi connectivity index (χ3n) is 11.7. The zero-order chi connectivity index (χ0) is 33.2. The number of imidazole rings is 1. The van der Waals surface area contributed by atoms with Crippen molar-refractivity contribution in [1.29, 1.82) is 0 Å². The molecule has 5 aromatic rings. The van der Waals surface area contributed by atoms with Gasteiger partial charge in [0.1, 0.15) is 22.7 Å². The molecule has 0 bridgehead atoms. The van der Waals surface area contributed by atoms with Gasteiger partial charge >= 0.3 is 0 Å². The van der Waals surface area contributed by atoms with E-state index >= 15 is 0 Å². The Kier molecular flexibility index (Phi) is 6.29. The molecule has 4 aromatic heterocycles. The Hall–Kier alpha value is -4.52. The molecule has 6 heterocycles. The van der Waals surface area contributed by atoms with Gasteiger partial charge in [0.15, 0.2) is 5.82 Å². The summed E-state index contributed by atoms with van der Waals surface area (Å²) in [6.45, 7) is 3.80. The number of amides is 1. The minimum absolute atomic E-state index is 0.0779. The molecule has 0 N–H and O–H groups in total. The van der Waals surface area contributed by atoms with Crippen LogP contribution in [0.3, 0.4) is 0 Å². The summed E-state index contributed by atoms with van der Waals surface area (Å²) in [4.78, 5) is 36.6. The van der Waals surface area contributed by atoms with Gasteiger partial charge in [0.25, 0.3) is 5.91 Å². The Morgan fingerprint density at radius 1 is 0.939 bits per heavy atom. The van der Waals surface area contributed by atoms with Crippen LogP contribution in [0.5, 0.6) is 5.75 Å². The van der Waals surface area contributed by atoms with E-state index in [-0.39, 0.29) is 17.0 Å². The summed E-state index contributed by atoms with van der Waals surface area (Å²) < 4.78 is 34.8. The number of carbonyl (C=O) groups is 1. The molecule has 2 saturated heterocycles. The molecular formula is C36H38N8O4S. The van der Waals surface area contributed by atoms with Gasteiger partial charge in [-0.3, -0.25) is 4.79 Å². The molecular weight excluding hydrogens is 641 g/mol. The van der Waals surface area contributed by atoms with Crippen molar-refractivity contribution in [2.24, 2.45) is 29.6 Å². The molecule has 0 spiro atoms. The molecule has 1 aromatic carbocycles. The van der Waals surface area contributed by atoms with Crippen LogP contribution < -0.4 is 9.64 Å². The van der Waals surface area contributed by atoms with Gasteiger partial charge in [-0.1, -0.05) is 0 Å². The fourth-order valence-electron chi connectivity index (χ4n) is 9.08. The van der Waals surface area contributed by atoms with E-state index in [1.54, 1.807) is 13.2 Å². The minimum atomic E-state index is -3.51. The molecule has 3 saturated carbocycles. The van der Waals surface area contributed by atoms with Crippen molar-refractivity contribution in [2.75, 3.05) is 37.9 Å². The fraction of sp³-hybridized carbons (Fsp3) is 0.472. The Morgan fingerprint density at radius 3 is 2.53 bits per heavy atom. The first-order valence-corrected chi connectivity index (χ1v) is 19.2. The second-order valence-corrected chi connectivity index (χ2v) is 16.8. The highest BCUT2D eigenvalue weighted by Crippen LogP contribution is 2.60. The number of pyridine rings is 1. The van der Waals surface area contributed by atoms with Gasteiger partial charge in [-0.15, -0.1) is 0 Å². The summed E-state index contributed by atoms with van der Waals surface area (Å²) in [5, 5.41) is 0.907. The summed E-state index contributed by atoms with van der Waals surface area (Å²) in [6.07, 6.45) is 9.29. The Balaban J connectivity index is 1.05. The Morgan fingerprint density at radius 2 is 1.78 bits per heavy atom. The number of aromatic nitrogens is 6. The van der Waals surface area contributed by atoms with E-state index in [0.29, 0.717) is 60.6 Å². The van der Waals surface area contributed by atoms with E-state index < -0.39 is 9.84 Å². The van der Waals surface area contributed by atoms with E-state index in [1.165, 1.54) is 25.5 Å². The first kappa shape index (κ1) is 29.4. The number of methoxy groups -OCH3 is 1. The van der Waals surface area contributed by atoms with Gasteiger partial charge in [0.05, 0.1) is 18.3 Å². The van der Waals surface area contributed by atoms with E-state index in [2.05, 4.69) is 41.0 Å². The molecule has 13 heteroatoms. The number of hydrogen-bond acceptors (Lipinski definition) is 9. The first-order valence-electron chi connectivity index (χ1n) is 17.4. The lowest BCUT2D eigenvalue weighted by Gasteiger charge is -2.52. The normalized spacial score (nSPS) is 24.5. The third kappa shape index (κ3) is 4.60. The fourth-order valence-corrected chi connectivity index (χ4v) is 9.59. The van der Waals surface area contributed by atoms with Crippen molar-refractivity contribution in [3.05, 3.63) is 54.4 Å². The average Bonchev–Trinajstić information content (AvgIpc) is 3.71. The first-order chi connectivity index (χ1) is 23.7. The summed E-state index contributed by atoms with van der Waals surface area (Å²) in [6, 6.07) is 12.3. The number of benzene rings is 1. The molecule has 0 radical (unpaired) electrons. The van der Waals surface area contributed by atoms with Gasteiger partial charge in [0.2, 0.25) is 15.0 Å². The number of likely N-dealkylation sites (tertiary alicyclic amines) is 1. The van der Waals surface area contributed by atoms with Crippen LogP contribution >= 0.6 is 0 Å². The number of sulfone groups is 1. The molecule has 1 amide bonds. The van der Waals surface area contributed by atoms with Crippen molar-refractivity contribution in [3.8, 4) is 17.3 Å². The van der Waals surface area contributed by atoms with Crippen LogP contribution in [0.4, 0.5) is 5.82 Å². The van der Waals surface area contributed by atoms with Gasteiger partial charge < -0.3 is 23.7 Å². The molecule has 12 nitrogen and oxygen atoms in total. The van der Waals surface area contributed by atoms with Crippen molar-refractivity contribution >= 4 is 43.6 Å². The van der Waals surface area contributed by atoms with Crippen molar-refractivity contribution < 1.29 is 17.9 Å². The Labute approximate surface area is 284 Å². The second-order valence-electron chi connectivity index (χ2n) is 14.9. The monoisotopic (exact) mass is 678 g/mol. The highest BCUT2D eigenvalue weighted by atomic mass is 32.2. The highest BCUT2D eigenvalue weighted by molar-refractivity contribution is 7.90. The summed E-state index contributed by atoms with van der Waals surface area (Å²) in [7, 11) is -1.85. The smallest absolute Gasteiger partial charge is 0.254 e. The molecule has 252 valence electrons. The van der Waals surface area contributed by atoms with E-state index in [9.17, 15) is 13.2 Å². The third-order valence-corrected chi connectivity index (χ3v) is 12.6. The molecule has 3 aliphatic carbocycles. The SMILES string of the molecule is COc1cc(C(=O)N2CC3CC4CC2[C@H]43)cc2nc(-c3cc4cccnc4n3CC3CC3)n(CC3CN(c4ccnc(S(C)(=O)=O)n4)C3)c12. The maximum Gasteiger partial charge on any atom is 0.254 e. The molecule has 2 aliphatic heterocycles. The van der Waals surface area contributed by atoms with Crippen LogP contribution in [0.1, 0.15) is 36.0 Å². The van der Waals surface area contributed by atoms with Crippen molar-refractivity contribution in [3.63, 3.8) is 0 Å². The number of rotatable bonds is 9. The van der Waals surface area contributed by atoms with Crippen LogP contribution in [-0.4, -0.2) is 87.3 Å². The van der Waals surface area contributed by atoms with Gasteiger partial charge in [-0.05, 0) is 85.8 Å². The van der Waals surface area contributed by atoms with E-state index in [0.717, 1.165) is 65.3 Å². The molecule has 5 fully saturated rings. The zero-order valence-corrected chi connectivity index (χ0v) is 28.4. The standard InChI is InChI=1S/C36H38N8O4S/c1-48-29-14-24(35(45)43-19-25-10-23-13-27(43)31(23)25)11-26-32(29)44(18-21-15-41(16-21)30-7-9-38-36(40-30)49(2,46)47)34(39-26)28-12-22-4-3-8-37-33(22)42(28)17-20-5-6-20/h3-4,7-9,11-12,14,20-21,23,25,27,31H,5-6,10,13,15-19H2,1-2H3/t23?,25?,27?,31-/m1/s1. The largest absolute Gasteiger partial charge is 0.494 e. The molecule has 3 unspecified atom stereocenters. The topological polar surface area (TPSA) is 128 Å². The lowest BCUT2D eigenvalue weighted by molar-refractivity contribution is -0.0204. The summed E-state index contributed by atoms with van der Waals surface area (Å²) in [5.74, 6) is 5.20. The van der Waals surface area contributed by atoms with E-state index in [4.69, 9.17) is 14.7 Å². The maximum absolute atomic E-state index is 14.0. The van der Waals surface area contributed by atoms with Gasteiger partial charge in [-0.2, -0.15) is 0 Å². The number of carbonyl (C=O) groups excluding carboxylic acids is 1. The number of hydrogen-bond donors (Lipinski definition) is 0. The van der Waals surface area contributed by atoms with E-state index in [1.807, 2.05) is 24.4 Å². The zero-order valence-electron chi connectivity index (χ0n) is 27.6. The molecule has 4 atom stereocenters. The van der Waals surface area contributed by atoms with Crippen LogP contribution in [-0.2, 0) is 22.9 Å². The number of anilines is 1. The van der Waals surface area contributed by atoms with Crippen LogP contribution in [0, 0.1) is 29.6 Å². The summed E-state index contributed by atoms with van der Waals surface area (Å²) in [5.41, 5.74) is 4.20. The van der Waals surface area contributed by atoms with Crippen molar-refractivity contribution in [2.45, 2.75) is 50.0 Å². The number of nitrogens with zero attached hydrogens (tertiary/aromatic N) is 8. The minimum Gasteiger partial charge on any atom is -0.494 e. The van der Waals surface area contributed by atoms with Crippen molar-refractivity contribution in [1.82, 2.24) is 34.0 Å². The molecule has 49 heavy (non-hydrogen) atoms. The average molecular weight is 679 g/mol. The molecule has 5 aliphatic rings. The van der Waals surface area contributed by atoms with Gasteiger partial charge in [0, 0.05) is 74.3 Å². The highest BCUT2D eigenvalue weighted by Gasteiger charge is 2.61. The quantitative estimate of drug-likeness (QED) is 0.210. The second kappa shape index (κ2) is 10.5. The number of ether oxygens (including phenoxy) is 1. The molecule has 10 rings (SSSR count). The summed E-state index contributed by atoms with van der Waals surface area (Å²) >= 11 is 0. The maximum atomic E-state index is 14.0. The lowest BCUT2D eigenvalue weighted by atomic mass is 9.53.